The molecule has 1 spiro atoms. The normalized spacial score (nSPS) is 25.2. The van der Waals surface area contributed by atoms with E-state index in [1.54, 1.807) is 0 Å². The first-order valence-corrected chi connectivity index (χ1v) is 8.80. The largest absolute Gasteiger partial charge is 0.375 e. The zero-order valence-corrected chi connectivity index (χ0v) is 15.7. The summed E-state index contributed by atoms with van der Waals surface area (Å²) in [5, 5.41) is 3.85. The van der Waals surface area contributed by atoms with Crippen LogP contribution in [-0.4, -0.2) is 46.0 Å². The predicted molar refractivity (Wildman–Crippen MR) is 103 cm³/mol. The van der Waals surface area contributed by atoms with E-state index in [-0.39, 0.29) is 12.1 Å². The molecule has 0 radical (unpaired) electrons. The Bertz CT molecular complexity index is 746. The Kier molecular flexibility index (Phi) is 4.55. The Morgan fingerprint density at radius 3 is 2.80 bits per heavy atom. The number of thiocarbonyl (C=S) groups is 1. The Balaban J connectivity index is 2.00. The standard InChI is InChI=1S/C18H24N4O2S/c1-12-6-4-5-7-13(12)20-15-18(8-9-24-17(2,3)11-18)22(10-14(19)23)16(25)21-15/h4-7H,8-11H2,1-3H3,(H2,19,23)(H,20,21,25)/t18-/m0/s1. The smallest absolute Gasteiger partial charge is 0.237 e. The average molecular weight is 360 g/mol. The van der Waals surface area contributed by atoms with E-state index in [0.717, 1.165) is 17.1 Å². The number of para-hydroxylation sites is 1. The number of primary amides is 1. The minimum absolute atomic E-state index is 0.0529. The fraction of sp³-hybridized carbons (Fsp3) is 0.500. The number of benzene rings is 1. The molecule has 0 bridgehead atoms. The zero-order chi connectivity index (χ0) is 18.2. The summed E-state index contributed by atoms with van der Waals surface area (Å²) in [5.74, 6) is 0.350. The van der Waals surface area contributed by atoms with Crippen molar-refractivity contribution in [2.24, 2.45) is 10.7 Å². The lowest BCUT2D eigenvalue weighted by Gasteiger charge is -2.48. The highest BCUT2D eigenvalue weighted by Crippen LogP contribution is 2.41. The molecule has 1 saturated heterocycles. The van der Waals surface area contributed by atoms with Gasteiger partial charge in [0.1, 0.15) is 11.4 Å². The molecule has 6 nitrogen and oxygen atoms in total. The van der Waals surface area contributed by atoms with Gasteiger partial charge in [0, 0.05) is 25.1 Å². The van der Waals surface area contributed by atoms with Gasteiger partial charge in [-0.25, -0.2) is 4.99 Å². The van der Waals surface area contributed by atoms with Crippen LogP contribution in [0.3, 0.4) is 0 Å². The minimum atomic E-state index is -0.504. The molecule has 2 aliphatic heterocycles. The van der Waals surface area contributed by atoms with Gasteiger partial charge in [-0.3, -0.25) is 4.79 Å². The number of amides is 1. The van der Waals surface area contributed by atoms with Gasteiger partial charge in [-0.1, -0.05) is 18.2 Å². The number of carbonyl (C=O) groups is 1. The highest BCUT2D eigenvalue weighted by atomic mass is 32.1. The van der Waals surface area contributed by atoms with Crippen molar-refractivity contribution in [2.75, 3.05) is 18.5 Å². The van der Waals surface area contributed by atoms with Crippen molar-refractivity contribution in [3.05, 3.63) is 29.8 Å². The van der Waals surface area contributed by atoms with E-state index < -0.39 is 11.4 Å². The van der Waals surface area contributed by atoms with Gasteiger partial charge in [-0.15, -0.1) is 0 Å². The van der Waals surface area contributed by atoms with E-state index in [9.17, 15) is 4.79 Å². The van der Waals surface area contributed by atoms with E-state index in [1.165, 1.54) is 0 Å². The van der Waals surface area contributed by atoms with Gasteiger partial charge in [0.25, 0.3) is 0 Å². The summed E-state index contributed by atoms with van der Waals surface area (Å²) in [6.07, 6.45) is 1.37. The number of carbonyl (C=O) groups excluding carboxylic acids is 1. The molecule has 3 N–H and O–H groups in total. The minimum Gasteiger partial charge on any atom is -0.375 e. The molecule has 2 aliphatic rings. The van der Waals surface area contributed by atoms with Gasteiger partial charge < -0.3 is 20.7 Å². The van der Waals surface area contributed by atoms with Crippen molar-refractivity contribution in [3.63, 3.8) is 0 Å². The number of hydrogen-bond acceptors (Lipinski definition) is 4. The van der Waals surface area contributed by atoms with E-state index >= 15 is 0 Å². The number of aryl methyl sites for hydroxylation is 1. The van der Waals surface area contributed by atoms with E-state index in [0.29, 0.717) is 24.6 Å². The second kappa shape index (κ2) is 6.38. The maximum Gasteiger partial charge on any atom is 0.237 e. The van der Waals surface area contributed by atoms with Crippen molar-refractivity contribution < 1.29 is 9.53 Å². The summed E-state index contributed by atoms with van der Waals surface area (Å²) in [4.78, 5) is 18.1. The number of nitrogens with one attached hydrogen (secondary N) is 1. The second-order valence-electron chi connectivity index (χ2n) is 7.30. The molecule has 1 amide bonds. The molecule has 0 saturated carbocycles. The predicted octanol–water partition coefficient (Wildman–Crippen LogP) is 2.22. The summed E-state index contributed by atoms with van der Waals surface area (Å²) >= 11 is 5.46. The van der Waals surface area contributed by atoms with E-state index in [4.69, 9.17) is 22.7 Å². The quantitative estimate of drug-likeness (QED) is 0.808. The highest BCUT2D eigenvalue weighted by Gasteiger charge is 2.53. The topological polar surface area (TPSA) is 80.0 Å². The molecule has 134 valence electrons. The molecular formula is C18H24N4O2S. The maximum atomic E-state index is 11.6. The van der Waals surface area contributed by atoms with Crippen LogP contribution in [0.4, 0.5) is 5.69 Å². The second-order valence-corrected chi connectivity index (χ2v) is 7.67. The number of ether oxygens (including phenoxy) is 1. The third-order valence-electron chi connectivity index (χ3n) is 4.83. The molecule has 3 rings (SSSR count). The number of aliphatic imine (C=N–C) groups is 1. The van der Waals surface area contributed by atoms with Crippen LogP contribution >= 0.6 is 12.2 Å². The molecule has 0 unspecified atom stereocenters. The lowest BCUT2D eigenvalue weighted by molar-refractivity contribution is -0.121. The number of anilines is 1. The number of rotatable bonds is 3. The molecule has 1 aromatic rings. The van der Waals surface area contributed by atoms with Crippen molar-refractivity contribution in [3.8, 4) is 0 Å². The lowest BCUT2D eigenvalue weighted by Crippen LogP contribution is -2.61. The fourth-order valence-electron chi connectivity index (χ4n) is 3.70. The van der Waals surface area contributed by atoms with Crippen LogP contribution in [0.15, 0.2) is 29.3 Å². The van der Waals surface area contributed by atoms with Gasteiger partial charge in [-0.05, 0) is 44.6 Å². The molecule has 0 aliphatic carbocycles. The van der Waals surface area contributed by atoms with Gasteiger partial charge in [0.15, 0.2) is 5.11 Å². The monoisotopic (exact) mass is 360 g/mol. The van der Waals surface area contributed by atoms with Gasteiger partial charge in [-0.2, -0.15) is 0 Å². The first kappa shape index (κ1) is 17.8. The maximum absolute atomic E-state index is 11.6. The van der Waals surface area contributed by atoms with E-state index in [2.05, 4.69) is 10.3 Å². The molecule has 1 aromatic carbocycles. The van der Waals surface area contributed by atoms with Crippen molar-refractivity contribution in [1.82, 2.24) is 4.90 Å². The summed E-state index contributed by atoms with van der Waals surface area (Å²) in [7, 11) is 0. The van der Waals surface area contributed by atoms with Crippen LogP contribution in [0, 0.1) is 6.92 Å². The molecular weight excluding hydrogens is 336 g/mol. The third-order valence-corrected chi connectivity index (χ3v) is 5.15. The number of amidine groups is 1. The Morgan fingerprint density at radius 2 is 2.16 bits per heavy atom. The van der Waals surface area contributed by atoms with Gasteiger partial charge in [0.2, 0.25) is 5.91 Å². The SMILES string of the molecule is Cc1ccccc1NC1=NC(=S)N(CC(N)=O)[C@]12CCOC(C)(C)C2. The van der Waals surface area contributed by atoms with Crippen LogP contribution in [0.2, 0.25) is 0 Å². The summed E-state index contributed by atoms with van der Waals surface area (Å²) < 4.78 is 5.89. The van der Waals surface area contributed by atoms with E-state index in [1.807, 2.05) is 49.9 Å². The Labute approximate surface area is 153 Å². The number of nitrogens with zero attached hydrogens (tertiary/aromatic N) is 2. The summed E-state index contributed by atoms with van der Waals surface area (Å²) in [6.45, 7) is 6.75. The zero-order valence-electron chi connectivity index (χ0n) is 14.8. The first-order chi connectivity index (χ1) is 11.7. The number of hydrogen-bond donors (Lipinski definition) is 2. The fourth-order valence-corrected chi connectivity index (χ4v) is 4.03. The van der Waals surface area contributed by atoms with Gasteiger partial charge >= 0.3 is 0 Å². The van der Waals surface area contributed by atoms with Crippen molar-refractivity contribution in [1.29, 1.82) is 0 Å². The lowest BCUT2D eigenvalue weighted by atomic mass is 9.79. The van der Waals surface area contributed by atoms with Crippen LogP contribution in [0.25, 0.3) is 0 Å². The first-order valence-electron chi connectivity index (χ1n) is 8.39. The molecule has 2 heterocycles. The van der Waals surface area contributed by atoms with Crippen molar-refractivity contribution in [2.45, 2.75) is 44.8 Å². The van der Waals surface area contributed by atoms with Crippen LogP contribution in [0.5, 0.6) is 0 Å². The summed E-state index contributed by atoms with van der Waals surface area (Å²) in [6, 6.07) is 8.02. The van der Waals surface area contributed by atoms with Crippen LogP contribution < -0.4 is 11.1 Å². The Hall–Kier alpha value is -1.99. The third kappa shape index (κ3) is 3.39. The average Bonchev–Trinajstić information content (AvgIpc) is 2.73. The number of nitrogens with two attached hydrogens (primary N) is 1. The molecule has 1 atom stereocenters. The Morgan fingerprint density at radius 1 is 1.44 bits per heavy atom. The van der Waals surface area contributed by atoms with Crippen LogP contribution in [-0.2, 0) is 9.53 Å². The summed E-state index contributed by atoms with van der Waals surface area (Å²) in [5.41, 5.74) is 6.72. The molecule has 7 heteroatoms. The molecule has 1 fully saturated rings. The van der Waals surface area contributed by atoms with Gasteiger partial charge in [0.05, 0.1) is 12.1 Å². The van der Waals surface area contributed by atoms with Crippen molar-refractivity contribution >= 4 is 34.8 Å². The molecule has 25 heavy (non-hydrogen) atoms. The van der Waals surface area contributed by atoms with Crippen LogP contribution in [0.1, 0.15) is 32.3 Å². The highest BCUT2D eigenvalue weighted by molar-refractivity contribution is 7.80. The molecule has 0 aromatic heterocycles.